The Balaban J connectivity index is 1.88. The Morgan fingerprint density at radius 2 is 1.97 bits per heavy atom. The van der Waals surface area contributed by atoms with Crippen LogP contribution in [-0.4, -0.2) is 46.8 Å². The van der Waals surface area contributed by atoms with Gasteiger partial charge in [0.15, 0.2) is 0 Å². The first-order valence-corrected chi connectivity index (χ1v) is 12.1. The molecule has 30 heavy (non-hydrogen) atoms. The van der Waals surface area contributed by atoms with Crippen molar-refractivity contribution in [3.05, 3.63) is 40.3 Å². The maximum atomic E-state index is 12.8. The molecule has 0 fully saturated rings. The van der Waals surface area contributed by atoms with Crippen LogP contribution in [0.3, 0.4) is 0 Å². The van der Waals surface area contributed by atoms with E-state index in [-0.39, 0.29) is 5.69 Å². The fourth-order valence-corrected chi connectivity index (χ4v) is 5.58. The molecule has 1 aliphatic carbocycles. The number of methoxy groups -OCH3 is 1. The summed E-state index contributed by atoms with van der Waals surface area (Å²) in [6.07, 6.45) is 3.58. The fraction of sp³-hybridized carbons (Fsp3) is 0.400. The zero-order valence-electron chi connectivity index (χ0n) is 17.1. The van der Waals surface area contributed by atoms with Crippen LogP contribution in [0.15, 0.2) is 24.3 Å². The van der Waals surface area contributed by atoms with Crippen molar-refractivity contribution in [2.24, 2.45) is 0 Å². The predicted molar refractivity (Wildman–Crippen MR) is 116 cm³/mol. The van der Waals surface area contributed by atoms with Crippen LogP contribution in [0.1, 0.15) is 34.1 Å². The van der Waals surface area contributed by atoms with Gasteiger partial charge in [0.1, 0.15) is 17.3 Å². The van der Waals surface area contributed by atoms with Gasteiger partial charge in [-0.1, -0.05) is 12.1 Å². The Morgan fingerprint density at radius 1 is 1.23 bits per heavy atom. The molecule has 0 radical (unpaired) electrons. The SMILES string of the molecule is CCOc1ccccc1N(CC(=O)Nc1sc2c(c1C(=O)OC)CCC2)S(C)(=O)=O. The number of esters is 1. The van der Waals surface area contributed by atoms with Crippen molar-refractivity contribution >= 4 is 43.9 Å². The Morgan fingerprint density at radius 3 is 2.63 bits per heavy atom. The number of ether oxygens (including phenoxy) is 2. The van der Waals surface area contributed by atoms with Gasteiger partial charge in [0.25, 0.3) is 0 Å². The average Bonchev–Trinajstić information content (AvgIpc) is 3.26. The van der Waals surface area contributed by atoms with Gasteiger partial charge >= 0.3 is 5.97 Å². The van der Waals surface area contributed by atoms with E-state index in [0.29, 0.717) is 22.9 Å². The number of nitrogens with one attached hydrogen (secondary N) is 1. The number of sulfonamides is 1. The number of aryl methyl sites for hydroxylation is 1. The topological polar surface area (TPSA) is 102 Å². The lowest BCUT2D eigenvalue weighted by Gasteiger charge is -2.24. The summed E-state index contributed by atoms with van der Waals surface area (Å²) in [4.78, 5) is 26.1. The van der Waals surface area contributed by atoms with Crippen molar-refractivity contribution in [1.29, 1.82) is 0 Å². The Labute approximate surface area is 179 Å². The number of amides is 1. The Hall–Kier alpha value is -2.59. The van der Waals surface area contributed by atoms with Gasteiger partial charge < -0.3 is 14.8 Å². The first kappa shape index (κ1) is 22.1. The number of carbonyl (C=O) groups excluding carboxylic acids is 2. The summed E-state index contributed by atoms with van der Waals surface area (Å²) in [6.45, 7) is 1.69. The van der Waals surface area contributed by atoms with Gasteiger partial charge in [-0.2, -0.15) is 0 Å². The highest BCUT2D eigenvalue weighted by molar-refractivity contribution is 7.92. The molecule has 1 aromatic carbocycles. The van der Waals surface area contributed by atoms with E-state index in [4.69, 9.17) is 9.47 Å². The van der Waals surface area contributed by atoms with E-state index in [1.54, 1.807) is 31.2 Å². The molecule has 8 nitrogen and oxygen atoms in total. The monoisotopic (exact) mass is 452 g/mol. The van der Waals surface area contributed by atoms with Crippen molar-refractivity contribution < 1.29 is 27.5 Å². The average molecular weight is 453 g/mol. The highest BCUT2D eigenvalue weighted by Crippen LogP contribution is 2.39. The highest BCUT2D eigenvalue weighted by Gasteiger charge is 2.29. The quantitative estimate of drug-likeness (QED) is 0.618. The zero-order chi connectivity index (χ0) is 21.9. The van der Waals surface area contributed by atoms with Crippen LogP contribution in [0.5, 0.6) is 5.75 Å². The molecule has 0 saturated carbocycles. The summed E-state index contributed by atoms with van der Waals surface area (Å²) < 4.78 is 36.3. The van der Waals surface area contributed by atoms with Gasteiger partial charge in [-0.15, -0.1) is 11.3 Å². The molecule has 0 bridgehead atoms. The molecule has 162 valence electrons. The molecule has 1 amide bonds. The molecule has 1 aromatic heterocycles. The molecule has 1 aliphatic rings. The summed E-state index contributed by atoms with van der Waals surface area (Å²) in [5.74, 6) is -0.702. The Kier molecular flexibility index (Phi) is 6.67. The number of hydrogen-bond acceptors (Lipinski definition) is 7. The van der Waals surface area contributed by atoms with Crippen LogP contribution in [0.2, 0.25) is 0 Å². The van der Waals surface area contributed by atoms with E-state index in [2.05, 4.69) is 5.32 Å². The van der Waals surface area contributed by atoms with Crippen LogP contribution in [-0.2, 0) is 32.4 Å². The second-order valence-corrected chi connectivity index (χ2v) is 9.78. The van der Waals surface area contributed by atoms with Crippen LogP contribution >= 0.6 is 11.3 Å². The third-order valence-corrected chi connectivity index (χ3v) is 7.02. The molecule has 3 rings (SSSR count). The lowest BCUT2D eigenvalue weighted by Crippen LogP contribution is -2.37. The molecule has 0 unspecified atom stereocenters. The first-order valence-electron chi connectivity index (χ1n) is 9.48. The smallest absolute Gasteiger partial charge is 0.341 e. The van der Waals surface area contributed by atoms with Gasteiger partial charge in [0.05, 0.1) is 31.2 Å². The first-order chi connectivity index (χ1) is 14.3. The van der Waals surface area contributed by atoms with Crippen LogP contribution in [0.4, 0.5) is 10.7 Å². The van der Waals surface area contributed by atoms with Gasteiger partial charge in [-0.25, -0.2) is 13.2 Å². The number of carbonyl (C=O) groups is 2. The number of thiophene rings is 1. The van der Waals surface area contributed by atoms with E-state index < -0.39 is 28.4 Å². The molecular formula is C20H24N2O6S2. The van der Waals surface area contributed by atoms with Crippen LogP contribution < -0.4 is 14.4 Å². The zero-order valence-corrected chi connectivity index (χ0v) is 18.7. The van der Waals surface area contributed by atoms with E-state index in [1.807, 2.05) is 0 Å². The normalized spacial score (nSPS) is 12.9. The minimum atomic E-state index is -3.77. The fourth-order valence-electron chi connectivity index (χ4n) is 3.43. The van der Waals surface area contributed by atoms with Crippen LogP contribution in [0.25, 0.3) is 0 Å². The molecule has 0 atom stereocenters. The number of fused-ring (bicyclic) bond motifs is 1. The number of para-hydroxylation sites is 2. The lowest BCUT2D eigenvalue weighted by atomic mass is 10.1. The lowest BCUT2D eigenvalue weighted by molar-refractivity contribution is -0.114. The third kappa shape index (κ3) is 4.59. The largest absolute Gasteiger partial charge is 0.492 e. The second-order valence-electron chi connectivity index (χ2n) is 6.77. The molecule has 0 spiro atoms. The Bertz CT molecular complexity index is 1060. The maximum Gasteiger partial charge on any atom is 0.341 e. The third-order valence-electron chi connectivity index (χ3n) is 4.69. The van der Waals surface area contributed by atoms with E-state index in [0.717, 1.165) is 40.3 Å². The molecule has 1 N–H and O–H groups in total. The minimum Gasteiger partial charge on any atom is -0.492 e. The summed E-state index contributed by atoms with van der Waals surface area (Å²) in [5, 5.41) is 3.10. The van der Waals surface area contributed by atoms with Crippen LogP contribution in [0, 0.1) is 0 Å². The maximum absolute atomic E-state index is 12.8. The van der Waals surface area contributed by atoms with E-state index in [9.17, 15) is 18.0 Å². The summed E-state index contributed by atoms with van der Waals surface area (Å²) in [7, 11) is -2.47. The van der Waals surface area contributed by atoms with Crippen molar-refractivity contribution in [2.45, 2.75) is 26.2 Å². The number of benzene rings is 1. The molecular weight excluding hydrogens is 428 g/mol. The highest BCUT2D eigenvalue weighted by atomic mass is 32.2. The van der Waals surface area contributed by atoms with E-state index >= 15 is 0 Å². The number of anilines is 2. The second kappa shape index (κ2) is 9.05. The van der Waals surface area contributed by atoms with Crippen molar-refractivity contribution in [1.82, 2.24) is 0 Å². The molecule has 10 heteroatoms. The molecule has 0 aliphatic heterocycles. The van der Waals surface area contributed by atoms with Gasteiger partial charge in [0.2, 0.25) is 15.9 Å². The molecule has 1 heterocycles. The van der Waals surface area contributed by atoms with Gasteiger partial charge in [-0.05, 0) is 43.9 Å². The predicted octanol–water partition coefficient (Wildman–Crippen LogP) is 2.83. The summed E-state index contributed by atoms with van der Waals surface area (Å²) >= 11 is 1.34. The number of hydrogen-bond donors (Lipinski definition) is 1. The standard InChI is InChI=1S/C20H24N2O6S2/c1-4-28-15-10-6-5-9-14(15)22(30(3,25)26)12-17(23)21-19-18(20(24)27-2)13-8-7-11-16(13)29-19/h5-6,9-10H,4,7-8,11-12H2,1-3H3,(H,21,23). The summed E-state index contributed by atoms with van der Waals surface area (Å²) in [5.41, 5.74) is 1.55. The summed E-state index contributed by atoms with van der Waals surface area (Å²) in [6, 6.07) is 6.63. The van der Waals surface area contributed by atoms with Gasteiger partial charge in [0, 0.05) is 4.88 Å². The van der Waals surface area contributed by atoms with Crippen molar-refractivity contribution in [2.75, 3.05) is 36.1 Å². The van der Waals surface area contributed by atoms with Crippen molar-refractivity contribution in [3.8, 4) is 5.75 Å². The van der Waals surface area contributed by atoms with Crippen molar-refractivity contribution in [3.63, 3.8) is 0 Å². The van der Waals surface area contributed by atoms with Gasteiger partial charge in [-0.3, -0.25) is 9.10 Å². The minimum absolute atomic E-state index is 0.277. The number of rotatable bonds is 8. The molecule has 0 saturated heterocycles. The van der Waals surface area contributed by atoms with E-state index in [1.165, 1.54) is 18.4 Å². The number of nitrogens with zero attached hydrogens (tertiary/aromatic N) is 1. The molecule has 2 aromatic rings.